The first-order chi connectivity index (χ1) is 7.70. The number of unbranched alkanes of at least 4 members (excludes halogenated alkanes) is 1. The van der Waals surface area contributed by atoms with E-state index >= 15 is 0 Å². The summed E-state index contributed by atoms with van der Waals surface area (Å²) in [7, 11) is 0. The molecule has 0 unspecified atom stereocenters. The monoisotopic (exact) mass is 289 g/mol. The number of aromatic nitrogens is 2. The number of hydrogen-bond acceptors (Lipinski definition) is 3. The van der Waals surface area contributed by atoms with E-state index in [1.54, 1.807) is 0 Å². The Kier molecular flexibility index (Phi) is 6.01. The zero-order chi connectivity index (χ0) is 12.0. The molecule has 0 atom stereocenters. The number of hydrogen-bond donors (Lipinski definition) is 2. The summed E-state index contributed by atoms with van der Waals surface area (Å²) in [5, 5.41) is 16.5. The van der Waals surface area contributed by atoms with E-state index in [-0.39, 0.29) is 6.61 Å². The summed E-state index contributed by atoms with van der Waals surface area (Å²) in [5.41, 5.74) is 2.23. The van der Waals surface area contributed by atoms with Crippen LogP contribution in [0.5, 0.6) is 0 Å². The molecule has 0 spiro atoms. The SMILES string of the molecule is CCn1nc(C)c(Br)c1CNCCCCO. The predicted octanol–water partition coefficient (Wildman–Crippen LogP) is 1.84. The van der Waals surface area contributed by atoms with Crippen LogP contribution < -0.4 is 5.32 Å². The molecule has 0 bridgehead atoms. The first-order valence-corrected chi connectivity index (χ1v) is 6.53. The summed E-state index contributed by atoms with van der Waals surface area (Å²) in [4.78, 5) is 0. The second kappa shape index (κ2) is 7.04. The molecule has 0 fully saturated rings. The van der Waals surface area contributed by atoms with E-state index in [9.17, 15) is 0 Å². The molecule has 0 aliphatic rings. The molecule has 4 nitrogen and oxygen atoms in total. The van der Waals surface area contributed by atoms with Crippen LogP contribution in [-0.2, 0) is 13.1 Å². The molecule has 5 heteroatoms. The third kappa shape index (κ3) is 3.57. The van der Waals surface area contributed by atoms with Crippen LogP contribution in [0.3, 0.4) is 0 Å². The Balaban J connectivity index is 2.46. The van der Waals surface area contributed by atoms with E-state index in [0.29, 0.717) is 0 Å². The van der Waals surface area contributed by atoms with Crippen LogP contribution in [0.15, 0.2) is 4.47 Å². The molecule has 1 aromatic heterocycles. The van der Waals surface area contributed by atoms with Crippen molar-refractivity contribution in [1.29, 1.82) is 0 Å². The number of aliphatic hydroxyl groups is 1. The molecule has 92 valence electrons. The van der Waals surface area contributed by atoms with Gasteiger partial charge in [-0.2, -0.15) is 5.10 Å². The molecule has 1 aromatic rings. The van der Waals surface area contributed by atoms with Gasteiger partial charge in [0, 0.05) is 19.7 Å². The van der Waals surface area contributed by atoms with Crippen LogP contribution in [0.1, 0.15) is 31.2 Å². The molecule has 0 aromatic carbocycles. The maximum absolute atomic E-state index is 8.66. The third-order valence-electron chi connectivity index (χ3n) is 2.51. The number of nitrogens with zero attached hydrogens (tertiary/aromatic N) is 2. The second-order valence-corrected chi connectivity index (χ2v) is 4.56. The average molecular weight is 290 g/mol. The van der Waals surface area contributed by atoms with E-state index < -0.39 is 0 Å². The van der Waals surface area contributed by atoms with Crippen molar-refractivity contribution in [3.63, 3.8) is 0 Å². The lowest BCUT2D eigenvalue weighted by molar-refractivity contribution is 0.283. The van der Waals surface area contributed by atoms with Crippen LogP contribution in [0.2, 0.25) is 0 Å². The van der Waals surface area contributed by atoms with Crippen molar-refractivity contribution in [3.05, 3.63) is 15.9 Å². The van der Waals surface area contributed by atoms with Crippen LogP contribution in [0.25, 0.3) is 0 Å². The fraction of sp³-hybridized carbons (Fsp3) is 0.727. The summed E-state index contributed by atoms with van der Waals surface area (Å²) in [6, 6.07) is 0. The molecule has 0 radical (unpaired) electrons. The first-order valence-electron chi connectivity index (χ1n) is 5.74. The van der Waals surface area contributed by atoms with Gasteiger partial charge in [0.25, 0.3) is 0 Å². The summed E-state index contributed by atoms with van der Waals surface area (Å²) in [6.07, 6.45) is 1.87. The van der Waals surface area contributed by atoms with Gasteiger partial charge in [0.1, 0.15) is 0 Å². The highest BCUT2D eigenvalue weighted by Crippen LogP contribution is 2.20. The van der Waals surface area contributed by atoms with E-state index in [1.807, 2.05) is 11.6 Å². The standard InChI is InChI=1S/C11H20BrN3O/c1-3-15-10(11(12)9(2)14-15)8-13-6-4-5-7-16/h13,16H,3-8H2,1-2H3. The molecule has 0 amide bonds. The summed E-state index contributed by atoms with van der Waals surface area (Å²) < 4.78 is 3.11. The molecular formula is C11H20BrN3O. The van der Waals surface area contributed by atoms with E-state index in [2.05, 4.69) is 33.3 Å². The summed E-state index contributed by atoms with van der Waals surface area (Å²) in [6.45, 7) is 7.01. The quantitative estimate of drug-likeness (QED) is 0.753. The lowest BCUT2D eigenvalue weighted by Crippen LogP contribution is -2.18. The van der Waals surface area contributed by atoms with Crippen LogP contribution in [-0.4, -0.2) is 28.0 Å². The number of nitrogens with one attached hydrogen (secondary N) is 1. The Morgan fingerprint density at radius 1 is 1.44 bits per heavy atom. The molecule has 1 heterocycles. The largest absolute Gasteiger partial charge is 0.396 e. The third-order valence-corrected chi connectivity index (χ3v) is 3.54. The first kappa shape index (κ1) is 13.7. The molecule has 0 saturated heterocycles. The highest BCUT2D eigenvalue weighted by Gasteiger charge is 2.10. The van der Waals surface area contributed by atoms with Crippen molar-refractivity contribution in [1.82, 2.24) is 15.1 Å². The van der Waals surface area contributed by atoms with Gasteiger partial charge in [-0.3, -0.25) is 4.68 Å². The Bertz CT molecular complexity index is 325. The Morgan fingerprint density at radius 2 is 2.19 bits per heavy atom. The molecular weight excluding hydrogens is 270 g/mol. The molecule has 1 rings (SSSR count). The predicted molar refractivity (Wildman–Crippen MR) is 68.4 cm³/mol. The zero-order valence-electron chi connectivity index (χ0n) is 9.96. The topological polar surface area (TPSA) is 50.1 Å². The maximum Gasteiger partial charge on any atom is 0.0739 e. The van der Waals surface area contributed by atoms with Crippen LogP contribution >= 0.6 is 15.9 Å². The van der Waals surface area contributed by atoms with Crippen molar-refractivity contribution in [2.24, 2.45) is 0 Å². The van der Waals surface area contributed by atoms with Crippen LogP contribution in [0, 0.1) is 6.92 Å². The van der Waals surface area contributed by atoms with Crippen molar-refractivity contribution in [3.8, 4) is 0 Å². The minimum absolute atomic E-state index is 0.275. The Morgan fingerprint density at radius 3 is 2.81 bits per heavy atom. The zero-order valence-corrected chi connectivity index (χ0v) is 11.5. The lowest BCUT2D eigenvalue weighted by Gasteiger charge is -2.07. The number of aryl methyl sites for hydroxylation is 2. The fourth-order valence-electron chi connectivity index (χ4n) is 1.61. The maximum atomic E-state index is 8.66. The van der Waals surface area contributed by atoms with E-state index in [4.69, 9.17) is 5.11 Å². The van der Waals surface area contributed by atoms with E-state index in [1.165, 1.54) is 5.69 Å². The lowest BCUT2D eigenvalue weighted by atomic mass is 10.3. The molecule has 0 aliphatic heterocycles. The number of aliphatic hydroxyl groups excluding tert-OH is 1. The normalized spacial score (nSPS) is 11.0. The van der Waals surface area contributed by atoms with Gasteiger partial charge in [0.05, 0.1) is 15.9 Å². The highest BCUT2D eigenvalue weighted by atomic mass is 79.9. The fourth-order valence-corrected chi connectivity index (χ4v) is 2.03. The van der Waals surface area contributed by atoms with Gasteiger partial charge >= 0.3 is 0 Å². The molecule has 0 saturated carbocycles. The van der Waals surface area contributed by atoms with E-state index in [0.717, 1.165) is 42.6 Å². The van der Waals surface area contributed by atoms with Crippen molar-refractivity contribution in [2.75, 3.05) is 13.2 Å². The molecule has 0 aliphatic carbocycles. The van der Waals surface area contributed by atoms with Gasteiger partial charge in [-0.1, -0.05) is 0 Å². The number of rotatable bonds is 7. The smallest absolute Gasteiger partial charge is 0.0739 e. The van der Waals surface area contributed by atoms with Crippen molar-refractivity contribution < 1.29 is 5.11 Å². The van der Waals surface area contributed by atoms with Gasteiger partial charge in [-0.15, -0.1) is 0 Å². The van der Waals surface area contributed by atoms with Gasteiger partial charge in [0.2, 0.25) is 0 Å². The van der Waals surface area contributed by atoms with Gasteiger partial charge < -0.3 is 10.4 Å². The van der Waals surface area contributed by atoms with Gasteiger partial charge in [0.15, 0.2) is 0 Å². The van der Waals surface area contributed by atoms with Gasteiger partial charge in [-0.05, 0) is 49.2 Å². The van der Waals surface area contributed by atoms with Gasteiger partial charge in [-0.25, -0.2) is 0 Å². The molecule has 16 heavy (non-hydrogen) atoms. The van der Waals surface area contributed by atoms with Crippen molar-refractivity contribution in [2.45, 2.75) is 39.8 Å². The minimum atomic E-state index is 0.275. The summed E-state index contributed by atoms with van der Waals surface area (Å²) in [5.74, 6) is 0. The minimum Gasteiger partial charge on any atom is -0.396 e. The highest BCUT2D eigenvalue weighted by molar-refractivity contribution is 9.10. The summed E-state index contributed by atoms with van der Waals surface area (Å²) >= 11 is 3.56. The Labute approximate surface area is 105 Å². The van der Waals surface area contributed by atoms with Crippen LogP contribution in [0.4, 0.5) is 0 Å². The second-order valence-electron chi connectivity index (χ2n) is 3.77. The number of halogens is 1. The average Bonchev–Trinajstić information content (AvgIpc) is 2.56. The Hall–Kier alpha value is -0.390. The van der Waals surface area contributed by atoms with Crippen molar-refractivity contribution >= 4 is 15.9 Å². The molecule has 2 N–H and O–H groups in total.